The molecule has 0 fully saturated rings. The Kier molecular flexibility index (Phi) is 16.5. The minimum absolute atomic E-state index is 0.336. The maximum absolute atomic E-state index is 11.8. The summed E-state index contributed by atoms with van der Waals surface area (Å²) in [6, 6.07) is -1.19. The Morgan fingerprint density at radius 2 is 1.04 bits per heavy atom. The van der Waals surface area contributed by atoms with Crippen molar-refractivity contribution in [2.45, 2.75) is 103 Å². The fraction of sp³-hybridized carbons (Fsp3) is 0.900. The molecule has 0 spiro atoms. The van der Waals surface area contributed by atoms with E-state index in [1.807, 2.05) is 0 Å². The zero-order valence-corrected chi connectivity index (χ0v) is 16.8. The van der Waals surface area contributed by atoms with Crippen LogP contribution in [0.3, 0.4) is 0 Å². The first-order valence-corrected chi connectivity index (χ1v) is 10.4. The molecule has 4 N–H and O–H groups in total. The van der Waals surface area contributed by atoms with Crippen LogP contribution in [0.15, 0.2) is 0 Å². The molecule has 0 amide bonds. The van der Waals surface area contributed by atoms with Gasteiger partial charge in [-0.1, -0.05) is 65.2 Å². The number of unbranched alkanes of at least 4 members (excludes halogenated alkanes) is 7. The first kappa shape index (κ1) is 24.9. The van der Waals surface area contributed by atoms with Gasteiger partial charge in [0.1, 0.15) is 12.1 Å². The topological polar surface area (TPSA) is 105 Å². The Bertz CT molecular complexity index is 330. The van der Waals surface area contributed by atoms with Crippen molar-refractivity contribution in [2.75, 3.05) is 13.2 Å². The van der Waals surface area contributed by atoms with Crippen LogP contribution in [-0.2, 0) is 19.1 Å². The van der Waals surface area contributed by atoms with E-state index in [0.717, 1.165) is 64.2 Å². The minimum Gasteiger partial charge on any atom is -0.465 e. The van der Waals surface area contributed by atoms with E-state index in [1.54, 1.807) is 0 Å². The minimum atomic E-state index is -0.595. The van der Waals surface area contributed by atoms with Gasteiger partial charge in [-0.15, -0.1) is 0 Å². The SMILES string of the molecule is CCCCCCOC(=O)C(N)CCCCC(N)C(=O)OCCCCCC. The van der Waals surface area contributed by atoms with Gasteiger partial charge in [0.25, 0.3) is 0 Å². The molecule has 0 saturated carbocycles. The Morgan fingerprint density at radius 1 is 0.654 bits per heavy atom. The van der Waals surface area contributed by atoms with Gasteiger partial charge < -0.3 is 20.9 Å². The molecule has 0 bridgehead atoms. The van der Waals surface area contributed by atoms with Gasteiger partial charge in [-0.3, -0.25) is 9.59 Å². The molecule has 2 unspecified atom stereocenters. The quantitative estimate of drug-likeness (QED) is 0.299. The molecule has 0 rings (SSSR count). The Morgan fingerprint density at radius 3 is 1.38 bits per heavy atom. The second-order valence-electron chi connectivity index (χ2n) is 6.95. The molecule has 0 radical (unpaired) electrons. The molecule has 0 heterocycles. The van der Waals surface area contributed by atoms with Crippen LogP contribution in [0.5, 0.6) is 0 Å². The average Bonchev–Trinajstić information content (AvgIpc) is 2.64. The Hall–Kier alpha value is -1.14. The summed E-state index contributed by atoms with van der Waals surface area (Å²) in [5.41, 5.74) is 11.7. The molecular formula is C20H40N2O4. The van der Waals surface area contributed by atoms with E-state index < -0.39 is 12.1 Å². The van der Waals surface area contributed by atoms with Gasteiger partial charge >= 0.3 is 11.9 Å². The van der Waals surface area contributed by atoms with Crippen LogP contribution in [-0.4, -0.2) is 37.2 Å². The van der Waals surface area contributed by atoms with Gasteiger partial charge in [0.05, 0.1) is 13.2 Å². The van der Waals surface area contributed by atoms with Crippen molar-refractivity contribution in [2.24, 2.45) is 11.5 Å². The van der Waals surface area contributed by atoms with E-state index >= 15 is 0 Å². The lowest BCUT2D eigenvalue weighted by Gasteiger charge is -2.13. The van der Waals surface area contributed by atoms with Crippen LogP contribution in [0.1, 0.15) is 90.9 Å². The van der Waals surface area contributed by atoms with Crippen molar-refractivity contribution in [3.63, 3.8) is 0 Å². The lowest BCUT2D eigenvalue weighted by Crippen LogP contribution is -2.33. The van der Waals surface area contributed by atoms with Crippen LogP contribution in [0.4, 0.5) is 0 Å². The Balaban J connectivity index is 3.66. The van der Waals surface area contributed by atoms with Crippen molar-refractivity contribution in [1.29, 1.82) is 0 Å². The molecule has 6 heteroatoms. The van der Waals surface area contributed by atoms with Gasteiger partial charge in [0.15, 0.2) is 0 Å². The highest BCUT2D eigenvalue weighted by Gasteiger charge is 2.17. The molecule has 0 saturated heterocycles. The summed E-state index contributed by atoms with van der Waals surface area (Å²) < 4.78 is 10.4. The largest absolute Gasteiger partial charge is 0.465 e. The maximum atomic E-state index is 11.8. The van der Waals surface area contributed by atoms with E-state index in [1.165, 1.54) is 0 Å². The van der Waals surface area contributed by atoms with Gasteiger partial charge in [0, 0.05) is 0 Å². The standard InChI is InChI=1S/C20H40N2O4/c1-3-5-7-11-15-25-19(23)17(21)13-9-10-14-18(22)20(24)26-16-12-8-6-4-2/h17-18H,3-16,21-22H2,1-2H3. The average molecular weight is 373 g/mol. The van der Waals surface area contributed by atoms with Gasteiger partial charge in [-0.2, -0.15) is 0 Å². The van der Waals surface area contributed by atoms with Crippen LogP contribution in [0.25, 0.3) is 0 Å². The zero-order valence-electron chi connectivity index (χ0n) is 16.8. The van der Waals surface area contributed by atoms with Gasteiger partial charge in [0.2, 0.25) is 0 Å². The number of rotatable bonds is 17. The summed E-state index contributed by atoms with van der Waals surface area (Å²) in [5, 5.41) is 0. The molecule has 0 aromatic rings. The van der Waals surface area contributed by atoms with Crippen LogP contribution >= 0.6 is 0 Å². The molecule has 2 atom stereocenters. The molecule has 154 valence electrons. The van der Waals surface area contributed by atoms with E-state index in [-0.39, 0.29) is 11.9 Å². The molecule has 0 aliphatic heterocycles. The van der Waals surface area contributed by atoms with Crippen LogP contribution < -0.4 is 11.5 Å². The third-order valence-corrected chi connectivity index (χ3v) is 4.37. The molecule has 0 aromatic carbocycles. The fourth-order valence-corrected chi connectivity index (χ4v) is 2.58. The fourth-order valence-electron chi connectivity index (χ4n) is 2.58. The van der Waals surface area contributed by atoms with Gasteiger partial charge in [-0.25, -0.2) is 0 Å². The van der Waals surface area contributed by atoms with Crippen LogP contribution in [0, 0.1) is 0 Å². The number of esters is 2. The van der Waals surface area contributed by atoms with Crippen LogP contribution in [0.2, 0.25) is 0 Å². The predicted molar refractivity (Wildman–Crippen MR) is 105 cm³/mol. The summed E-state index contributed by atoms with van der Waals surface area (Å²) in [6.07, 6.45) is 11.1. The Labute approximate surface area is 159 Å². The lowest BCUT2D eigenvalue weighted by molar-refractivity contribution is -0.146. The second kappa shape index (κ2) is 17.3. The number of hydrogen-bond acceptors (Lipinski definition) is 6. The number of hydrogen-bond donors (Lipinski definition) is 2. The molecule has 26 heavy (non-hydrogen) atoms. The summed E-state index contributed by atoms with van der Waals surface area (Å²) in [5.74, 6) is -0.672. The highest BCUT2D eigenvalue weighted by Crippen LogP contribution is 2.08. The number of ether oxygens (including phenoxy) is 2. The summed E-state index contributed by atoms with van der Waals surface area (Å²) >= 11 is 0. The first-order chi connectivity index (χ1) is 12.5. The van der Waals surface area contributed by atoms with Crippen molar-refractivity contribution < 1.29 is 19.1 Å². The van der Waals surface area contributed by atoms with Crippen molar-refractivity contribution in [3.8, 4) is 0 Å². The molecular weight excluding hydrogens is 332 g/mol. The third-order valence-electron chi connectivity index (χ3n) is 4.37. The van der Waals surface area contributed by atoms with E-state index in [9.17, 15) is 9.59 Å². The maximum Gasteiger partial charge on any atom is 0.322 e. The monoisotopic (exact) mass is 372 g/mol. The normalized spacial score (nSPS) is 13.2. The molecule has 0 aliphatic carbocycles. The summed E-state index contributed by atoms with van der Waals surface area (Å²) in [4.78, 5) is 23.5. The predicted octanol–water partition coefficient (Wildman–Crippen LogP) is 3.45. The van der Waals surface area contributed by atoms with E-state index in [2.05, 4.69) is 13.8 Å². The number of carbonyl (C=O) groups excluding carboxylic acids is 2. The molecule has 6 nitrogen and oxygen atoms in total. The smallest absolute Gasteiger partial charge is 0.322 e. The number of nitrogens with two attached hydrogens (primary N) is 2. The molecule has 0 aliphatic rings. The van der Waals surface area contributed by atoms with Gasteiger partial charge in [-0.05, 0) is 25.7 Å². The number of carbonyl (C=O) groups is 2. The summed E-state index contributed by atoms with van der Waals surface area (Å²) in [6.45, 7) is 5.17. The van der Waals surface area contributed by atoms with Crippen molar-refractivity contribution in [3.05, 3.63) is 0 Å². The summed E-state index contributed by atoms with van der Waals surface area (Å²) in [7, 11) is 0. The first-order valence-electron chi connectivity index (χ1n) is 10.4. The van der Waals surface area contributed by atoms with Crippen molar-refractivity contribution in [1.82, 2.24) is 0 Å². The lowest BCUT2D eigenvalue weighted by atomic mass is 10.1. The highest BCUT2D eigenvalue weighted by molar-refractivity contribution is 5.75. The zero-order chi connectivity index (χ0) is 19.6. The van der Waals surface area contributed by atoms with Crippen molar-refractivity contribution >= 4 is 11.9 Å². The molecule has 0 aromatic heterocycles. The second-order valence-corrected chi connectivity index (χ2v) is 6.95. The highest BCUT2D eigenvalue weighted by atomic mass is 16.5. The van der Waals surface area contributed by atoms with E-state index in [0.29, 0.717) is 26.1 Å². The third kappa shape index (κ3) is 14.1. The van der Waals surface area contributed by atoms with E-state index in [4.69, 9.17) is 20.9 Å².